The zero-order valence-corrected chi connectivity index (χ0v) is 22.5. The minimum atomic E-state index is -4.75. The van der Waals surface area contributed by atoms with Crippen molar-refractivity contribution in [3.8, 4) is 34.3 Å². The second kappa shape index (κ2) is 12.5. The fourth-order valence-corrected chi connectivity index (χ4v) is 3.87. The minimum Gasteiger partial charge on any atom is -0.493 e. The number of nitrogens with one attached hydrogen (secondary N) is 2. The number of ether oxygens (including phenoxy) is 3. The summed E-state index contributed by atoms with van der Waals surface area (Å²) in [7, 11) is 3.17. The topological polar surface area (TPSA) is 94.8 Å². The Kier molecular flexibility index (Phi) is 8.84. The van der Waals surface area contributed by atoms with Gasteiger partial charge in [-0.1, -0.05) is 30.3 Å². The Morgan fingerprint density at radius 2 is 1.70 bits per heavy atom. The van der Waals surface area contributed by atoms with Crippen molar-refractivity contribution in [1.29, 1.82) is 0 Å². The van der Waals surface area contributed by atoms with Crippen LogP contribution in [0.25, 0.3) is 17.1 Å². The van der Waals surface area contributed by atoms with Gasteiger partial charge in [-0.15, -0.1) is 18.3 Å². The predicted octanol–water partition coefficient (Wildman–Crippen LogP) is 5.41. The third-order valence-corrected chi connectivity index (χ3v) is 5.84. The van der Waals surface area contributed by atoms with Crippen LogP contribution in [0.5, 0.6) is 17.2 Å². The van der Waals surface area contributed by atoms with Gasteiger partial charge in [0.05, 0.1) is 32.2 Å². The maximum absolute atomic E-state index is 12.4. The number of thiocarbonyl (C=S) groups is 1. The van der Waals surface area contributed by atoms with Gasteiger partial charge < -0.3 is 19.5 Å². The smallest absolute Gasteiger partial charge is 0.493 e. The van der Waals surface area contributed by atoms with Crippen molar-refractivity contribution >= 4 is 23.5 Å². The Balaban J connectivity index is 1.31. The molecule has 0 aliphatic carbocycles. The lowest BCUT2D eigenvalue weighted by atomic mass is 10.1. The summed E-state index contributed by atoms with van der Waals surface area (Å²) in [6.07, 6.45) is -1.65. The van der Waals surface area contributed by atoms with E-state index in [2.05, 4.69) is 30.7 Å². The van der Waals surface area contributed by atoms with E-state index >= 15 is 0 Å². The Bertz CT molecular complexity index is 1470. The summed E-state index contributed by atoms with van der Waals surface area (Å²) in [6, 6.07) is 18.2. The molecule has 3 aromatic carbocycles. The number of methoxy groups -OCH3 is 2. The summed E-state index contributed by atoms with van der Waals surface area (Å²) in [4.78, 5) is 4.29. The van der Waals surface area contributed by atoms with Crippen molar-refractivity contribution in [2.75, 3.05) is 14.2 Å². The molecule has 1 unspecified atom stereocenters. The van der Waals surface area contributed by atoms with Gasteiger partial charge in [-0.25, -0.2) is 9.67 Å². The molecule has 1 atom stereocenters. The molecular weight excluding hydrogens is 545 g/mol. The van der Waals surface area contributed by atoms with Gasteiger partial charge in [0.15, 0.2) is 22.4 Å². The SMILES string of the molecule is COc1ccc(C(C)NC(=S)NN=Cc2ccc(-c3ncn(-c4ccc(OC(F)(F)F)cc4)n3)cc2)cc1OC. The molecule has 1 aromatic heterocycles. The molecule has 0 bridgehead atoms. The van der Waals surface area contributed by atoms with Crippen molar-refractivity contribution < 1.29 is 27.4 Å². The van der Waals surface area contributed by atoms with Crippen LogP contribution in [0, 0.1) is 0 Å². The molecule has 0 saturated carbocycles. The quantitative estimate of drug-likeness (QED) is 0.157. The highest BCUT2D eigenvalue weighted by atomic mass is 32.1. The molecule has 13 heteroatoms. The monoisotopic (exact) mass is 570 g/mol. The van der Waals surface area contributed by atoms with Gasteiger partial charge in [0.2, 0.25) is 0 Å². The van der Waals surface area contributed by atoms with E-state index in [-0.39, 0.29) is 11.8 Å². The number of alkyl halides is 3. The first-order chi connectivity index (χ1) is 19.1. The molecule has 0 aliphatic heterocycles. The van der Waals surface area contributed by atoms with Gasteiger partial charge in [-0.05, 0) is 66.7 Å². The van der Waals surface area contributed by atoms with Crippen LogP contribution in [0.4, 0.5) is 13.2 Å². The molecule has 40 heavy (non-hydrogen) atoms. The molecule has 1 heterocycles. The lowest BCUT2D eigenvalue weighted by Crippen LogP contribution is -2.34. The molecule has 9 nitrogen and oxygen atoms in total. The summed E-state index contributed by atoms with van der Waals surface area (Å²) in [6.45, 7) is 1.96. The summed E-state index contributed by atoms with van der Waals surface area (Å²) in [5.41, 5.74) is 5.86. The van der Waals surface area contributed by atoms with E-state index < -0.39 is 6.36 Å². The Morgan fingerprint density at radius 3 is 2.35 bits per heavy atom. The van der Waals surface area contributed by atoms with Crippen LogP contribution in [0.1, 0.15) is 24.1 Å². The van der Waals surface area contributed by atoms with E-state index in [0.29, 0.717) is 28.1 Å². The predicted molar refractivity (Wildman–Crippen MR) is 148 cm³/mol. The molecule has 208 valence electrons. The fraction of sp³-hybridized carbons (Fsp3) is 0.185. The average molecular weight is 571 g/mol. The highest BCUT2D eigenvalue weighted by Crippen LogP contribution is 2.30. The highest BCUT2D eigenvalue weighted by Gasteiger charge is 2.31. The second-order valence-electron chi connectivity index (χ2n) is 8.36. The number of benzene rings is 3. The maximum Gasteiger partial charge on any atom is 0.573 e. The van der Waals surface area contributed by atoms with Crippen LogP contribution >= 0.6 is 12.2 Å². The fourth-order valence-electron chi connectivity index (χ4n) is 3.64. The zero-order valence-electron chi connectivity index (χ0n) is 21.6. The number of hydrazone groups is 1. The van der Waals surface area contributed by atoms with Gasteiger partial charge >= 0.3 is 6.36 Å². The number of hydrogen-bond donors (Lipinski definition) is 2. The van der Waals surface area contributed by atoms with Crippen LogP contribution < -0.4 is 25.0 Å². The zero-order chi connectivity index (χ0) is 28.7. The van der Waals surface area contributed by atoms with Gasteiger partial charge in [0.1, 0.15) is 12.1 Å². The van der Waals surface area contributed by atoms with Crippen LogP contribution in [-0.4, -0.2) is 46.7 Å². The summed E-state index contributed by atoms with van der Waals surface area (Å²) < 4.78 is 53.0. The minimum absolute atomic E-state index is 0.104. The molecule has 4 aromatic rings. The number of hydrogen-bond acceptors (Lipinski definition) is 7. The third kappa shape index (κ3) is 7.47. The van der Waals surface area contributed by atoms with Crippen LogP contribution in [0.3, 0.4) is 0 Å². The maximum atomic E-state index is 12.4. The first-order valence-electron chi connectivity index (χ1n) is 11.8. The molecule has 0 spiro atoms. The van der Waals surface area contributed by atoms with Crippen molar-refractivity contribution in [2.24, 2.45) is 5.10 Å². The summed E-state index contributed by atoms with van der Waals surface area (Å²) in [5, 5.41) is 12.1. The molecule has 2 N–H and O–H groups in total. The Hall–Kier alpha value is -4.65. The van der Waals surface area contributed by atoms with E-state index in [4.69, 9.17) is 21.7 Å². The number of aromatic nitrogens is 3. The Morgan fingerprint density at radius 1 is 1.00 bits per heavy atom. The lowest BCUT2D eigenvalue weighted by molar-refractivity contribution is -0.274. The first kappa shape index (κ1) is 28.4. The van der Waals surface area contributed by atoms with E-state index in [0.717, 1.165) is 16.7 Å². The van der Waals surface area contributed by atoms with E-state index in [1.165, 1.54) is 35.3 Å². The lowest BCUT2D eigenvalue weighted by Gasteiger charge is -2.17. The normalized spacial score (nSPS) is 12.2. The number of halogens is 3. The molecule has 0 aliphatic rings. The molecular formula is C27H25F3N6O3S. The van der Waals surface area contributed by atoms with Crippen molar-refractivity contribution in [3.05, 3.63) is 84.2 Å². The first-order valence-corrected chi connectivity index (χ1v) is 12.3. The largest absolute Gasteiger partial charge is 0.573 e. The van der Waals surface area contributed by atoms with E-state index in [1.54, 1.807) is 20.4 Å². The van der Waals surface area contributed by atoms with E-state index in [1.807, 2.05) is 49.4 Å². The highest BCUT2D eigenvalue weighted by molar-refractivity contribution is 7.80. The third-order valence-electron chi connectivity index (χ3n) is 5.63. The molecule has 0 fully saturated rings. The average Bonchev–Trinajstić information content (AvgIpc) is 3.43. The van der Waals surface area contributed by atoms with Crippen LogP contribution in [-0.2, 0) is 0 Å². The summed E-state index contributed by atoms with van der Waals surface area (Å²) in [5.74, 6) is 1.41. The molecule has 4 rings (SSSR count). The molecule has 0 amide bonds. The number of rotatable bonds is 9. The van der Waals surface area contributed by atoms with Gasteiger partial charge in [0, 0.05) is 5.56 Å². The van der Waals surface area contributed by atoms with Crippen LogP contribution in [0.15, 0.2) is 78.2 Å². The van der Waals surface area contributed by atoms with Gasteiger partial charge in [-0.2, -0.15) is 5.10 Å². The Labute approximate surface area is 233 Å². The van der Waals surface area contributed by atoms with Crippen molar-refractivity contribution in [2.45, 2.75) is 19.3 Å². The van der Waals surface area contributed by atoms with Gasteiger partial charge in [-0.3, -0.25) is 5.43 Å². The second-order valence-corrected chi connectivity index (χ2v) is 8.76. The standard InChI is InChI=1S/C27H25F3N6O3S/c1-17(20-8-13-23(37-2)24(14-20)38-3)33-26(40)34-32-15-18-4-6-19(7-5-18)25-31-16-36(35-25)21-9-11-22(12-10-21)39-27(28,29)30/h4-17H,1-3H3,(H2,33,34,40). The summed E-state index contributed by atoms with van der Waals surface area (Å²) >= 11 is 5.35. The van der Waals surface area contributed by atoms with Crippen molar-refractivity contribution in [1.82, 2.24) is 25.5 Å². The van der Waals surface area contributed by atoms with E-state index in [9.17, 15) is 13.2 Å². The molecule has 0 radical (unpaired) electrons. The number of nitrogens with zero attached hydrogens (tertiary/aromatic N) is 4. The van der Waals surface area contributed by atoms with Gasteiger partial charge in [0.25, 0.3) is 0 Å². The van der Waals surface area contributed by atoms with Crippen LogP contribution in [0.2, 0.25) is 0 Å². The molecule has 0 saturated heterocycles. The van der Waals surface area contributed by atoms with Crippen molar-refractivity contribution in [3.63, 3.8) is 0 Å².